The number of amides is 1. The summed E-state index contributed by atoms with van der Waals surface area (Å²) in [6.07, 6.45) is 5.00. The van der Waals surface area contributed by atoms with E-state index in [1.165, 1.54) is 32.2 Å². The van der Waals surface area contributed by atoms with E-state index >= 15 is 0 Å². The first-order chi connectivity index (χ1) is 10.2. The Balaban J connectivity index is 1.41. The molecule has 2 N–H and O–H groups in total. The average Bonchev–Trinajstić information content (AvgIpc) is 3.11. The van der Waals surface area contributed by atoms with Crippen LogP contribution in [0.25, 0.3) is 0 Å². The van der Waals surface area contributed by atoms with Gasteiger partial charge in [-0.15, -0.1) is 0 Å². The molecule has 1 aromatic rings. The van der Waals surface area contributed by atoms with E-state index in [2.05, 4.69) is 20.7 Å². The zero-order chi connectivity index (χ0) is 14.7. The van der Waals surface area contributed by atoms with Crippen molar-refractivity contribution in [3.05, 3.63) is 11.8 Å². The lowest BCUT2D eigenvalue weighted by Crippen LogP contribution is -2.43. The Morgan fingerprint density at radius 2 is 2.29 bits per heavy atom. The highest BCUT2D eigenvalue weighted by atomic mass is 16.5. The van der Waals surface area contributed by atoms with Gasteiger partial charge < -0.3 is 15.2 Å². The quantitative estimate of drug-likeness (QED) is 0.877. The van der Waals surface area contributed by atoms with E-state index in [1.807, 2.05) is 6.92 Å². The fraction of sp³-hybridized carbons (Fsp3) is 0.733. The molecule has 3 heterocycles. The zero-order valence-electron chi connectivity index (χ0n) is 12.6. The van der Waals surface area contributed by atoms with E-state index in [9.17, 15) is 4.79 Å². The minimum Gasteiger partial charge on any atom is -0.360 e. The lowest BCUT2D eigenvalue weighted by atomic mass is 9.88. The number of piperidine rings is 1. The second kappa shape index (κ2) is 6.58. The summed E-state index contributed by atoms with van der Waals surface area (Å²) in [6, 6.07) is 2.44. The van der Waals surface area contributed by atoms with E-state index in [0.717, 1.165) is 19.0 Å². The van der Waals surface area contributed by atoms with Crippen molar-refractivity contribution in [1.29, 1.82) is 0 Å². The highest BCUT2D eigenvalue weighted by molar-refractivity contribution is 5.91. The summed E-state index contributed by atoms with van der Waals surface area (Å²) < 4.78 is 4.94. The van der Waals surface area contributed by atoms with Gasteiger partial charge in [-0.2, -0.15) is 0 Å². The fourth-order valence-electron chi connectivity index (χ4n) is 3.44. The van der Waals surface area contributed by atoms with Gasteiger partial charge in [-0.1, -0.05) is 5.16 Å². The average molecular weight is 292 g/mol. The Bertz CT molecular complexity index is 474. The summed E-state index contributed by atoms with van der Waals surface area (Å²) in [7, 11) is 0. The van der Waals surface area contributed by atoms with Gasteiger partial charge in [0.1, 0.15) is 5.76 Å². The Hall–Kier alpha value is -1.40. The predicted molar refractivity (Wildman–Crippen MR) is 80.1 cm³/mol. The van der Waals surface area contributed by atoms with E-state index < -0.39 is 0 Å². The van der Waals surface area contributed by atoms with Crippen LogP contribution in [-0.4, -0.2) is 48.2 Å². The molecule has 3 rings (SSSR count). The first-order valence-electron chi connectivity index (χ1n) is 7.89. The molecule has 21 heavy (non-hydrogen) atoms. The van der Waals surface area contributed by atoms with Crippen LogP contribution < -0.4 is 10.6 Å². The third-order valence-electron chi connectivity index (χ3n) is 4.56. The first-order valence-corrected chi connectivity index (χ1v) is 7.89. The molecule has 0 aliphatic carbocycles. The third-order valence-corrected chi connectivity index (χ3v) is 4.56. The monoisotopic (exact) mass is 292 g/mol. The van der Waals surface area contributed by atoms with Gasteiger partial charge in [-0.3, -0.25) is 9.69 Å². The summed E-state index contributed by atoms with van der Waals surface area (Å²) in [5.74, 6) is 1.98. The van der Waals surface area contributed by atoms with Gasteiger partial charge in [-0.05, 0) is 58.2 Å². The number of anilines is 1. The van der Waals surface area contributed by atoms with Crippen molar-refractivity contribution in [3.63, 3.8) is 0 Å². The summed E-state index contributed by atoms with van der Waals surface area (Å²) in [6.45, 7) is 5.44. The van der Waals surface area contributed by atoms with Crippen molar-refractivity contribution in [1.82, 2.24) is 15.4 Å². The highest BCUT2D eigenvalue weighted by Gasteiger charge is 2.28. The first kappa shape index (κ1) is 14.5. The molecular weight excluding hydrogens is 268 g/mol. The second-order valence-corrected chi connectivity index (χ2v) is 6.19. The number of rotatable bonds is 4. The van der Waals surface area contributed by atoms with Crippen LogP contribution in [0.5, 0.6) is 0 Å². The molecule has 1 unspecified atom stereocenters. The molecule has 0 spiro atoms. The van der Waals surface area contributed by atoms with E-state index in [1.54, 1.807) is 6.07 Å². The van der Waals surface area contributed by atoms with Crippen LogP contribution in [0.1, 0.15) is 31.4 Å². The standard InChI is InChI=1S/C15H24N4O2/c1-11-9-14(18-21-11)17-15(20)10-19-7-4-12(5-8-19)13-3-2-6-16-13/h9,12-13,16H,2-8,10H2,1H3,(H,17,18,20). The maximum absolute atomic E-state index is 12.0. The molecule has 0 bridgehead atoms. The fourth-order valence-corrected chi connectivity index (χ4v) is 3.44. The van der Waals surface area contributed by atoms with Gasteiger partial charge in [0.05, 0.1) is 6.54 Å². The normalized spacial score (nSPS) is 24.3. The van der Waals surface area contributed by atoms with Crippen LogP contribution in [0.4, 0.5) is 5.82 Å². The largest absolute Gasteiger partial charge is 0.360 e. The Morgan fingerprint density at radius 3 is 2.90 bits per heavy atom. The minimum atomic E-state index is -0.0132. The van der Waals surface area contributed by atoms with Crippen LogP contribution in [-0.2, 0) is 4.79 Å². The molecule has 6 nitrogen and oxygen atoms in total. The van der Waals surface area contributed by atoms with E-state index in [-0.39, 0.29) is 5.91 Å². The van der Waals surface area contributed by atoms with Gasteiger partial charge in [0.25, 0.3) is 0 Å². The third kappa shape index (κ3) is 3.83. The number of hydrogen-bond donors (Lipinski definition) is 2. The number of aromatic nitrogens is 1. The summed E-state index contributed by atoms with van der Waals surface area (Å²) >= 11 is 0. The molecule has 0 aromatic carbocycles. The molecule has 2 fully saturated rings. The summed E-state index contributed by atoms with van der Waals surface area (Å²) in [5.41, 5.74) is 0. The Kier molecular flexibility index (Phi) is 4.55. The second-order valence-electron chi connectivity index (χ2n) is 6.19. The zero-order valence-corrected chi connectivity index (χ0v) is 12.6. The van der Waals surface area contributed by atoms with Crippen molar-refractivity contribution in [2.75, 3.05) is 31.5 Å². The maximum Gasteiger partial charge on any atom is 0.239 e. The van der Waals surface area contributed by atoms with Crippen molar-refractivity contribution in [3.8, 4) is 0 Å². The Labute approximate surface area is 125 Å². The molecule has 6 heteroatoms. The minimum absolute atomic E-state index is 0.0132. The number of aryl methyl sites for hydroxylation is 1. The summed E-state index contributed by atoms with van der Waals surface area (Å²) in [5, 5.41) is 10.2. The molecule has 0 radical (unpaired) electrons. The van der Waals surface area contributed by atoms with Crippen LogP contribution in [0, 0.1) is 12.8 Å². The maximum atomic E-state index is 12.0. The van der Waals surface area contributed by atoms with Crippen LogP contribution >= 0.6 is 0 Å². The Morgan fingerprint density at radius 1 is 1.48 bits per heavy atom. The van der Waals surface area contributed by atoms with Gasteiger partial charge in [0.15, 0.2) is 5.82 Å². The molecule has 116 valence electrons. The van der Waals surface area contributed by atoms with Crippen molar-refractivity contribution >= 4 is 11.7 Å². The lowest BCUT2D eigenvalue weighted by molar-refractivity contribution is -0.117. The molecule has 2 aliphatic heterocycles. The van der Waals surface area contributed by atoms with Gasteiger partial charge in [-0.25, -0.2) is 0 Å². The number of hydrogen-bond acceptors (Lipinski definition) is 5. The molecule has 1 amide bonds. The SMILES string of the molecule is Cc1cc(NC(=O)CN2CCC(C3CCCN3)CC2)no1. The topological polar surface area (TPSA) is 70.4 Å². The van der Waals surface area contributed by atoms with Crippen LogP contribution in [0.15, 0.2) is 10.6 Å². The van der Waals surface area contributed by atoms with Crippen LogP contribution in [0.2, 0.25) is 0 Å². The highest BCUT2D eigenvalue weighted by Crippen LogP contribution is 2.25. The number of nitrogens with zero attached hydrogens (tertiary/aromatic N) is 2. The predicted octanol–water partition coefficient (Wildman–Crippen LogP) is 1.39. The van der Waals surface area contributed by atoms with Gasteiger partial charge in [0, 0.05) is 12.1 Å². The van der Waals surface area contributed by atoms with E-state index in [0.29, 0.717) is 24.2 Å². The number of nitrogens with one attached hydrogen (secondary N) is 2. The van der Waals surface area contributed by atoms with Crippen molar-refractivity contribution in [2.24, 2.45) is 5.92 Å². The molecule has 1 atom stereocenters. The molecule has 1 aromatic heterocycles. The van der Waals surface area contributed by atoms with Crippen LogP contribution in [0.3, 0.4) is 0 Å². The number of likely N-dealkylation sites (tertiary alicyclic amines) is 1. The summed E-state index contributed by atoms with van der Waals surface area (Å²) in [4.78, 5) is 14.2. The molecule has 2 saturated heterocycles. The van der Waals surface area contributed by atoms with E-state index in [4.69, 9.17) is 4.52 Å². The lowest BCUT2D eigenvalue weighted by Gasteiger charge is -2.34. The van der Waals surface area contributed by atoms with Gasteiger partial charge in [0.2, 0.25) is 5.91 Å². The van der Waals surface area contributed by atoms with Gasteiger partial charge >= 0.3 is 0 Å². The number of carbonyl (C=O) groups excluding carboxylic acids is 1. The molecular formula is C15H24N4O2. The van der Waals surface area contributed by atoms with Crippen molar-refractivity contribution < 1.29 is 9.32 Å². The molecule has 2 aliphatic rings. The number of carbonyl (C=O) groups is 1. The van der Waals surface area contributed by atoms with Crippen molar-refractivity contribution in [2.45, 2.75) is 38.6 Å². The molecule has 0 saturated carbocycles. The smallest absolute Gasteiger partial charge is 0.239 e.